The van der Waals surface area contributed by atoms with E-state index in [9.17, 15) is 14.7 Å². The topological polar surface area (TPSA) is 95.1 Å². The molecule has 33 heavy (non-hydrogen) atoms. The Balaban J connectivity index is 1.66. The number of aromatic nitrogens is 1. The molecule has 3 heterocycles. The smallest absolute Gasteiger partial charge is 0.295 e. The highest BCUT2D eigenvalue weighted by molar-refractivity contribution is 6.46. The first-order valence-electron chi connectivity index (χ1n) is 10.8. The number of hydrogen-bond acceptors (Lipinski definition) is 6. The Morgan fingerprint density at radius 2 is 1.88 bits per heavy atom. The van der Waals surface area contributed by atoms with E-state index in [-0.39, 0.29) is 11.3 Å². The summed E-state index contributed by atoms with van der Waals surface area (Å²) in [4.78, 5) is 33.0. The molecule has 1 aromatic heterocycles. The molecule has 1 fully saturated rings. The van der Waals surface area contributed by atoms with Crippen molar-refractivity contribution in [2.75, 3.05) is 40.4 Å². The largest absolute Gasteiger partial charge is 0.507 e. The molecule has 170 valence electrons. The SMILES string of the molecule is CN(C)CCN1C(=O)C(=O)/C(=C(/O)c2ccc3c(c2)OCCO3)C1c1c[nH]c2ccccc12. The first-order valence-corrected chi connectivity index (χ1v) is 10.8. The van der Waals surface area contributed by atoms with Crippen molar-refractivity contribution >= 4 is 28.4 Å². The monoisotopic (exact) mass is 447 g/mol. The van der Waals surface area contributed by atoms with Gasteiger partial charge in [0.2, 0.25) is 0 Å². The third-order valence-electron chi connectivity index (χ3n) is 6.06. The molecule has 8 heteroatoms. The fraction of sp³-hybridized carbons (Fsp3) is 0.280. The second kappa shape index (κ2) is 8.29. The highest BCUT2D eigenvalue weighted by Gasteiger charge is 2.46. The number of rotatable bonds is 5. The number of fused-ring (bicyclic) bond motifs is 2. The Morgan fingerprint density at radius 1 is 1.12 bits per heavy atom. The van der Waals surface area contributed by atoms with E-state index in [0.29, 0.717) is 43.4 Å². The quantitative estimate of drug-likeness (QED) is 0.355. The van der Waals surface area contributed by atoms with Gasteiger partial charge in [0.1, 0.15) is 19.0 Å². The molecule has 2 aromatic carbocycles. The first-order chi connectivity index (χ1) is 16.0. The number of aromatic amines is 1. The molecule has 1 saturated heterocycles. The van der Waals surface area contributed by atoms with E-state index in [4.69, 9.17) is 9.47 Å². The molecule has 2 N–H and O–H groups in total. The molecule has 0 radical (unpaired) electrons. The summed E-state index contributed by atoms with van der Waals surface area (Å²) < 4.78 is 11.2. The van der Waals surface area contributed by atoms with Crippen molar-refractivity contribution in [3.05, 3.63) is 65.4 Å². The van der Waals surface area contributed by atoms with Crippen LogP contribution in [0.3, 0.4) is 0 Å². The molecular weight excluding hydrogens is 422 g/mol. The maximum absolute atomic E-state index is 13.2. The summed E-state index contributed by atoms with van der Waals surface area (Å²) in [5, 5.41) is 12.2. The molecule has 1 atom stereocenters. The molecule has 1 amide bonds. The first kappa shape index (κ1) is 21.1. The molecule has 0 saturated carbocycles. The number of carbonyl (C=O) groups excluding carboxylic acids is 2. The Bertz CT molecular complexity index is 1280. The minimum atomic E-state index is -0.714. The lowest BCUT2D eigenvalue weighted by molar-refractivity contribution is -0.140. The van der Waals surface area contributed by atoms with Gasteiger partial charge in [0.15, 0.2) is 11.5 Å². The van der Waals surface area contributed by atoms with Gasteiger partial charge in [-0.15, -0.1) is 0 Å². The number of Topliss-reactive ketones (excluding diaryl/α,β-unsaturated/α-hetero) is 1. The van der Waals surface area contributed by atoms with E-state index in [1.807, 2.05) is 43.3 Å². The second-order valence-electron chi connectivity index (χ2n) is 8.44. The lowest BCUT2D eigenvalue weighted by atomic mass is 9.95. The lowest BCUT2D eigenvalue weighted by Crippen LogP contribution is -2.35. The summed E-state index contributed by atoms with van der Waals surface area (Å²) in [6.45, 7) is 1.78. The van der Waals surface area contributed by atoms with E-state index >= 15 is 0 Å². The van der Waals surface area contributed by atoms with Crippen LogP contribution >= 0.6 is 0 Å². The number of aliphatic hydroxyl groups is 1. The Hall–Kier alpha value is -3.78. The molecule has 0 bridgehead atoms. The fourth-order valence-electron chi connectivity index (χ4n) is 4.41. The van der Waals surface area contributed by atoms with Gasteiger partial charge in [-0.25, -0.2) is 0 Å². The van der Waals surface area contributed by atoms with Crippen molar-refractivity contribution in [1.29, 1.82) is 0 Å². The van der Waals surface area contributed by atoms with E-state index in [0.717, 1.165) is 16.5 Å². The van der Waals surface area contributed by atoms with Crippen LogP contribution in [0.25, 0.3) is 16.7 Å². The van der Waals surface area contributed by atoms with Crippen molar-refractivity contribution in [1.82, 2.24) is 14.8 Å². The zero-order chi connectivity index (χ0) is 23.1. The molecule has 3 aromatic rings. The van der Waals surface area contributed by atoms with Gasteiger partial charge in [-0.2, -0.15) is 0 Å². The molecule has 0 spiro atoms. The number of hydrogen-bond donors (Lipinski definition) is 2. The van der Waals surface area contributed by atoms with Crippen LogP contribution in [0.1, 0.15) is 17.2 Å². The number of nitrogens with one attached hydrogen (secondary N) is 1. The summed E-state index contributed by atoms with van der Waals surface area (Å²) in [7, 11) is 3.82. The van der Waals surface area contributed by atoms with Crippen molar-refractivity contribution in [2.45, 2.75) is 6.04 Å². The van der Waals surface area contributed by atoms with Crippen LogP contribution in [0.2, 0.25) is 0 Å². The Kier molecular flexibility index (Phi) is 5.30. The average Bonchev–Trinajstić information content (AvgIpc) is 3.35. The minimum absolute atomic E-state index is 0.0696. The fourth-order valence-corrected chi connectivity index (χ4v) is 4.41. The lowest BCUT2D eigenvalue weighted by Gasteiger charge is -2.26. The number of H-pyrrole nitrogens is 1. The average molecular weight is 447 g/mol. The molecule has 2 aliphatic heterocycles. The van der Waals surface area contributed by atoms with E-state index in [1.165, 1.54) is 0 Å². The third kappa shape index (κ3) is 3.62. The van der Waals surface area contributed by atoms with Crippen LogP contribution in [0, 0.1) is 0 Å². The van der Waals surface area contributed by atoms with E-state index < -0.39 is 17.7 Å². The number of nitrogens with zero attached hydrogens (tertiary/aromatic N) is 2. The predicted molar refractivity (Wildman–Crippen MR) is 123 cm³/mol. The van der Waals surface area contributed by atoms with E-state index in [2.05, 4.69) is 4.98 Å². The summed E-state index contributed by atoms with van der Waals surface area (Å²) >= 11 is 0. The molecule has 5 rings (SSSR count). The molecule has 8 nitrogen and oxygen atoms in total. The summed E-state index contributed by atoms with van der Waals surface area (Å²) in [5.74, 6) is -0.469. The van der Waals surface area contributed by atoms with Gasteiger partial charge >= 0.3 is 0 Å². The standard InChI is InChI=1S/C25H25N3O5/c1-27(2)9-10-28-22(17-14-26-18-6-4-3-5-16(17)18)21(24(30)25(28)31)23(29)15-7-8-19-20(13-15)33-12-11-32-19/h3-8,13-14,22,26,29H,9-12H2,1-2H3/b23-21+. The highest BCUT2D eigenvalue weighted by Crippen LogP contribution is 2.42. The predicted octanol–water partition coefficient (Wildman–Crippen LogP) is 2.92. The Morgan fingerprint density at radius 3 is 2.67 bits per heavy atom. The molecule has 1 unspecified atom stereocenters. The maximum atomic E-state index is 13.2. The van der Waals surface area contributed by atoms with Gasteiger partial charge in [-0.05, 0) is 38.4 Å². The van der Waals surface area contributed by atoms with Crippen LogP contribution in [0.5, 0.6) is 11.5 Å². The van der Waals surface area contributed by atoms with Crippen molar-refractivity contribution < 1.29 is 24.2 Å². The summed E-state index contributed by atoms with van der Waals surface area (Å²) in [5.41, 5.74) is 2.13. The van der Waals surface area contributed by atoms with Crippen molar-refractivity contribution in [3.63, 3.8) is 0 Å². The molecule has 0 aliphatic carbocycles. The van der Waals surface area contributed by atoms with Crippen LogP contribution in [0.4, 0.5) is 0 Å². The van der Waals surface area contributed by atoms with Crippen LogP contribution in [-0.4, -0.2) is 72.0 Å². The molecule has 2 aliphatic rings. The number of carbonyl (C=O) groups is 2. The second-order valence-corrected chi connectivity index (χ2v) is 8.44. The number of likely N-dealkylation sites (tertiary alicyclic amines) is 1. The normalized spacial score (nSPS) is 19.6. The third-order valence-corrected chi connectivity index (χ3v) is 6.06. The maximum Gasteiger partial charge on any atom is 0.295 e. The van der Waals surface area contributed by atoms with Gasteiger partial charge in [0.05, 0.1) is 11.6 Å². The van der Waals surface area contributed by atoms with Crippen molar-refractivity contribution in [3.8, 4) is 11.5 Å². The number of amides is 1. The minimum Gasteiger partial charge on any atom is -0.507 e. The van der Waals surface area contributed by atoms with Crippen molar-refractivity contribution in [2.24, 2.45) is 0 Å². The zero-order valence-electron chi connectivity index (χ0n) is 18.5. The van der Waals surface area contributed by atoms with Gasteiger partial charge in [0, 0.05) is 41.3 Å². The van der Waals surface area contributed by atoms with Gasteiger partial charge < -0.3 is 29.4 Å². The van der Waals surface area contributed by atoms with Crippen LogP contribution in [-0.2, 0) is 9.59 Å². The number of benzene rings is 2. The zero-order valence-corrected chi connectivity index (χ0v) is 18.5. The van der Waals surface area contributed by atoms with Gasteiger partial charge in [-0.3, -0.25) is 9.59 Å². The van der Waals surface area contributed by atoms with Gasteiger partial charge in [-0.1, -0.05) is 18.2 Å². The number of ketones is 1. The molecular formula is C25H25N3O5. The van der Waals surface area contributed by atoms with E-state index in [1.54, 1.807) is 29.3 Å². The highest BCUT2D eigenvalue weighted by atomic mass is 16.6. The number of ether oxygens (including phenoxy) is 2. The summed E-state index contributed by atoms with van der Waals surface area (Å²) in [6, 6.07) is 12.0. The van der Waals surface area contributed by atoms with Crippen LogP contribution < -0.4 is 9.47 Å². The number of para-hydroxylation sites is 1. The Labute approximate surface area is 191 Å². The number of aliphatic hydroxyl groups excluding tert-OH is 1. The van der Waals surface area contributed by atoms with Gasteiger partial charge in [0.25, 0.3) is 11.7 Å². The van der Waals surface area contributed by atoms with Crippen LogP contribution in [0.15, 0.2) is 54.2 Å². The summed E-state index contributed by atoms with van der Waals surface area (Å²) in [6.07, 6.45) is 1.81. The number of likely N-dealkylation sites (N-methyl/N-ethyl adjacent to an activating group) is 1.